The van der Waals surface area contributed by atoms with Gasteiger partial charge < -0.3 is 23.8 Å². The zero-order chi connectivity index (χ0) is 24.0. The van der Waals surface area contributed by atoms with E-state index in [1.54, 1.807) is 47.6 Å². The van der Waals surface area contributed by atoms with Crippen molar-refractivity contribution in [1.82, 2.24) is 4.90 Å². The van der Waals surface area contributed by atoms with Gasteiger partial charge in [0.05, 0.1) is 45.0 Å². The van der Waals surface area contributed by atoms with E-state index in [0.717, 1.165) is 5.56 Å². The van der Waals surface area contributed by atoms with Crippen molar-refractivity contribution in [3.05, 3.63) is 83.0 Å². The van der Waals surface area contributed by atoms with Crippen molar-refractivity contribution >= 4 is 11.9 Å². The molecule has 0 spiro atoms. The smallest absolute Gasteiger partial charge is 0.336 e. The van der Waals surface area contributed by atoms with Crippen LogP contribution in [0.4, 0.5) is 4.39 Å². The minimum absolute atomic E-state index is 0.244. The zero-order valence-corrected chi connectivity index (χ0v) is 19.0. The summed E-state index contributed by atoms with van der Waals surface area (Å²) < 4.78 is 34.4. The first-order valence-corrected chi connectivity index (χ1v) is 10.3. The molecule has 174 valence electrons. The average Bonchev–Trinajstić information content (AvgIpc) is 2.84. The van der Waals surface area contributed by atoms with E-state index in [1.165, 1.54) is 33.5 Å². The second kappa shape index (κ2) is 10.7. The van der Waals surface area contributed by atoms with Crippen LogP contribution in [0.1, 0.15) is 24.0 Å². The largest absolute Gasteiger partial charge is 0.493 e. The standard InChI is InChI=1S/C25H26FNO6/c1-5-33-21-11-8-17(12-22(21)30-2)23-19(24(28)31-3)14-27(15-20(23)25(29)32-4)13-16-6-9-18(26)10-7-16/h6-12,14-15,23H,5,13H2,1-4H3. The molecule has 0 saturated heterocycles. The molecule has 0 amide bonds. The summed E-state index contributed by atoms with van der Waals surface area (Å²) in [5, 5.41) is 0. The number of hydrogen-bond acceptors (Lipinski definition) is 7. The molecule has 0 unspecified atom stereocenters. The monoisotopic (exact) mass is 455 g/mol. The van der Waals surface area contributed by atoms with Crippen LogP contribution in [0, 0.1) is 5.82 Å². The molecule has 1 aliphatic heterocycles. The van der Waals surface area contributed by atoms with Gasteiger partial charge in [-0.25, -0.2) is 14.0 Å². The molecule has 0 aliphatic carbocycles. The van der Waals surface area contributed by atoms with Crippen LogP contribution in [0.25, 0.3) is 0 Å². The number of nitrogens with zero attached hydrogens (tertiary/aromatic N) is 1. The van der Waals surface area contributed by atoms with Gasteiger partial charge in [0.2, 0.25) is 0 Å². The van der Waals surface area contributed by atoms with Crippen molar-refractivity contribution in [2.45, 2.75) is 19.4 Å². The maximum Gasteiger partial charge on any atom is 0.336 e. The molecule has 1 heterocycles. The van der Waals surface area contributed by atoms with Crippen LogP contribution < -0.4 is 9.47 Å². The van der Waals surface area contributed by atoms with Crippen molar-refractivity contribution in [2.75, 3.05) is 27.9 Å². The summed E-state index contributed by atoms with van der Waals surface area (Å²) in [4.78, 5) is 27.2. The Bertz CT molecular complexity index is 1040. The Labute approximate surface area is 192 Å². The molecule has 1 aliphatic rings. The van der Waals surface area contributed by atoms with E-state index in [-0.39, 0.29) is 17.0 Å². The molecule has 2 aromatic rings. The van der Waals surface area contributed by atoms with Crippen molar-refractivity contribution in [2.24, 2.45) is 0 Å². The van der Waals surface area contributed by atoms with E-state index < -0.39 is 17.9 Å². The summed E-state index contributed by atoms with van der Waals surface area (Å²) in [5.41, 5.74) is 1.91. The Morgan fingerprint density at radius 2 is 1.52 bits per heavy atom. The van der Waals surface area contributed by atoms with E-state index in [4.69, 9.17) is 18.9 Å². The molecule has 0 fully saturated rings. The molecule has 33 heavy (non-hydrogen) atoms. The number of benzene rings is 2. The zero-order valence-electron chi connectivity index (χ0n) is 19.0. The van der Waals surface area contributed by atoms with Crippen LogP contribution in [-0.2, 0) is 25.6 Å². The molecule has 0 aromatic heterocycles. The maximum absolute atomic E-state index is 13.3. The van der Waals surface area contributed by atoms with Crippen molar-refractivity contribution in [3.8, 4) is 11.5 Å². The Kier molecular flexibility index (Phi) is 7.71. The lowest BCUT2D eigenvalue weighted by Gasteiger charge is -2.30. The molecule has 8 heteroatoms. The third kappa shape index (κ3) is 5.34. The highest BCUT2D eigenvalue weighted by Gasteiger charge is 2.35. The van der Waals surface area contributed by atoms with Crippen molar-refractivity contribution < 1.29 is 32.9 Å². The summed E-state index contributed by atoms with van der Waals surface area (Å²) in [6.45, 7) is 2.62. The molecule has 0 saturated carbocycles. The first-order valence-electron chi connectivity index (χ1n) is 10.3. The van der Waals surface area contributed by atoms with Gasteiger partial charge in [-0.2, -0.15) is 0 Å². The molecule has 0 radical (unpaired) electrons. The molecule has 2 aromatic carbocycles. The lowest BCUT2D eigenvalue weighted by molar-refractivity contribution is -0.137. The highest BCUT2D eigenvalue weighted by molar-refractivity contribution is 5.98. The fraction of sp³-hybridized carbons (Fsp3) is 0.280. The molecule has 7 nitrogen and oxygen atoms in total. The number of rotatable bonds is 8. The van der Waals surface area contributed by atoms with Gasteiger partial charge in [0.25, 0.3) is 0 Å². The van der Waals surface area contributed by atoms with Crippen LogP contribution in [0.3, 0.4) is 0 Å². The molecule has 0 atom stereocenters. The normalized spacial score (nSPS) is 13.7. The van der Waals surface area contributed by atoms with Gasteiger partial charge in [-0.1, -0.05) is 18.2 Å². The summed E-state index contributed by atoms with van der Waals surface area (Å²) in [6, 6.07) is 11.2. The summed E-state index contributed by atoms with van der Waals surface area (Å²) in [7, 11) is 4.07. The molecular weight excluding hydrogens is 429 g/mol. The van der Waals surface area contributed by atoms with Crippen LogP contribution in [0.5, 0.6) is 11.5 Å². The Morgan fingerprint density at radius 3 is 2.03 bits per heavy atom. The first kappa shape index (κ1) is 23.8. The topological polar surface area (TPSA) is 74.3 Å². The molecule has 0 bridgehead atoms. The maximum atomic E-state index is 13.3. The van der Waals surface area contributed by atoms with Gasteiger partial charge in [0.1, 0.15) is 5.82 Å². The van der Waals surface area contributed by atoms with E-state index in [1.807, 2.05) is 6.92 Å². The highest BCUT2D eigenvalue weighted by atomic mass is 19.1. The summed E-state index contributed by atoms with van der Waals surface area (Å²) >= 11 is 0. The van der Waals surface area contributed by atoms with Crippen LogP contribution in [-0.4, -0.2) is 44.8 Å². The lowest BCUT2D eigenvalue weighted by atomic mass is 9.83. The number of ether oxygens (including phenoxy) is 4. The fourth-order valence-electron chi connectivity index (χ4n) is 3.68. The number of hydrogen-bond donors (Lipinski definition) is 0. The van der Waals surface area contributed by atoms with Gasteiger partial charge in [0.15, 0.2) is 11.5 Å². The highest BCUT2D eigenvalue weighted by Crippen LogP contribution is 2.40. The van der Waals surface area contributed by atoms with E-state index >= 15 is 0 Å². The molecular formula is C25H26FNO6. The summed E-state index contributed by atoms with van der Waals surface area (Å²) in [5.74, 6) is -1.27. The van der Waals surface area contributed by atoms with E-state index in [9.17, 15) is 14.0 Å². The molecule has 0 N–H and O–H groups in total. The van der Waals surface area contributed by atoms with Crippen LogP contribution in [0.15, 0.2) is 66.0 Å². The lowest BCUT2D eigenvalue weighted by Crippen LogP contribution is -2.28. The van der Waals surface area contributed by atoms with Crippen molar-refractivity contribution in [1.29, 1.82) is 0 Å². The predicted octanol–water partition coefficient (Wildman–Crippen LogP) is 3.95. The number of methoxy groups -OCH3 is 3. The number of esters is 2. The second-order valence-corrected chi connectivity index (χ2v) is 7.23. The predicted molar refractivity (Wildman–Crippen MR) is 119 cm³/mol. The van der Waals surface area contributed by atoms with Gasteiger partial charge >= 0.3 is 11.9 Å². The first-order chi connectivity index (χ1) is 15.9. The van der Waals surface area contributed by atoms with Gasteiger partial charge in [0, 0.05) is 18.9 Å². The third-order valence-corrected chi connectivity index (χ3v) is 5.17. The molecule has 3 rings (SSSR count). The SMILES string of the molecule is CCOc1ccc(C2C(C(=O)OC)=CN(Cc3ccc(F)cc3)C=C2C(=O)OC)cc1OC. The minimum Gasteiger partial charge on any atom is -0.493 e. The van der Waals surface area contributed by atoms with Crippen molar-refractivity contribution in [3.63, 3.8) is 0 Å². The van der Waals surface area contributed by atoms with E-state index in [0.29, 0.717) is 30.2 Å². The van der Waals surface area contributed by atoms with Crippen LogP contribution >= 0.6 is 0 Å². The number of halogens is 1. The Balaban J connectivity index is 2.08. The Morgan fingerprint density at radius 1 is 0.909 bits per heavy atom. The Hall–Kier alpha value is -3.81. The fourth-order valence-corrected chi connectivity index (χ4v) is 3.68. The number of carbonyl (C=O) groups is 2. The van der Waals surface area contributed by atoms with Gasteiger partial charge in [-0.3, -0.25) is 0 Å². The second-order valence-electron chi connectivity index (χ2n) is 7.23. The van der Waals surface area contributed by atoms with Gasteiger partial charge in [-0.05, 0) is 42.3 Å². The minimum atomic E-state index is -0.751. The third-order valence-electron chi connectivity index (χ3n) is 5.17. The number of carbonyl (C=O) groups excluding carboxylic acids is 2. The quantitative estimate of drug-likeness (QED) is 0.558. The van der Waals surface area contributed by atoms with Gasteiger partial charge in [-0.15, -0.1) is 0 Å². The van der Waals surface area contributed by atoms with Crippen LogP contribution in [0.2, 0.25) is 0 Å². The van der Waals surface area contributed by atoms with E-state index in [2.05, 4.69) is 0 Å². The summed E-state index contributed by atoms with van der Waals surface area (Å²) in [6.07, 6.45) is 3.24. The average molecular weight is 455 g/mol.